The lowest BCUT2D eigenvalue weighted by Crippen LogP contribution is -2.32. The highest BCUT2D eigenvalue weighted by molar-refractivity contribution is 7.89. The Labute approximate surface area is 177 Å². The molecule has 0 saturated carbocycles. The van der Waals surface area contributed by atoms with Crippen molar-refractivity contribution in [1.82, 2.24) is 9.62 Å². The SMILES string of the molecule is Cl.O=S(=O)(NCCCCN1CCc2ccccc2C1)c1cccc(Cl)c1Cl. The quantitative estimate of drug-likeness (QED) is 0.632. The molecular weight excluding hydrogens is 427 g/mol. The molecule has 0 saturated heterocycles. The Morgan fingerprint density at radius 3 is 2.52 bits per heavy atom. The van der Waals surface area contributed by atoms with E-state index in [4.69, 9.17) is 23.2 Å². The van der Waals surface area contributed by atoms with Crippen molar-refractivity contribution in [2.75, 3.05) is 19.6 Å². The first-order valence-corrected chi connectivity index (χ1v) is 10.9. The van der Waals surface area contributed by atoms with Crippen molar-refractivity contribution >= 4 is 45.6 Å². The molecule has 27 heavy (non-hydrogen) atoms. The molecule has 0 amide bonds. The largest absolute Gasteiger partial charge is 0.299 e. The van der Waals surface area contributed by atoms with E-state index in [2.05, 4.69) is 33.9 Å². The third-order valence-electron chi connectivity index (χ3n) is 4.61. The van der Waals surface area contributed by atoms with E-state index < -0.39 is 10.0 Å². The van der Waals surface area contributed by atoms with Crippen molar-refractivity contribution in [3.63, 3.8) is 0 Å². The lowest BCUT2D eigenvalue weighted by Gasteiger charge is -2.28. The van der Waals surface area contributed by atoms with Gasteiger partial charge in [-0.05, 0) is 49.1 Å². The number of unbranched alkanes of at least 4 members (excludes halogenated alkanes) is 1. The van der Waals surface area contributed by atoms with Gasteiger partial charge in [0.05, 0.1) is 10.0 Å². The molecule has 3 rings (SSSR count). The zero-order chi connectivity index (χ0) is 18.6. The molecule has 4 nitrogen and oxygen atoms in total. The first kappa shape index (κ1) is 22.5. The zero-order valence-corrected chi connectivity index (χ0v) is 18.0. The van der Waals surface area contributed by atoms with Gasteiger partial charge in [-0.2, -0.15) is 0 Å². The number of rotatable bonds is 7. The van der Waals surface area contributed by atoms with Crippen LogP contribution in [0.3, 0.4) is 0 Å². The highest BCUT2D eigenvalue weighted by Crippen LogP contribution is 2.28. The van der Waals surface area contributed by atoms with Crippen molar-refractivity contribution in [3.8, 4) is 0 Å². The van der Waals surface area contributed by atoms with Crippen molar-refractivity contribution < 1.29 is 8.42 Å². The van der Waals surface area contributed by atoms with Gasteiger partial charge in [0.2, 0.25) is 10.0 Å². The molecule has 0 fully saturated rings. The molecule has 0 aliphatic carbocycles. The maximum atomic E-state index is 12.3. The van der Waals surface area contributed by atoms with Gasteiger partial charge in [-0.15, -0.1) is 12.4 Å². The molecule has 2 aromatic carbocycles. The lowest BCUT2D eigenvalue weighted by molar-refractivity contribution is 0.249. The number of hydrogen-bond acceptors (Lipinski definition) is 3. The Kier molecular flexibility index (Phi) is 8.40. The second-order valence-electron chi connectivity index (χ2n) is 6.45. The average molecular weight is 450 g/mol. The standard InChI is InChI=1S/C19H22Cl2N2O2S.ClH/c20-17-8-5-9-18(19(17)21)26(24,25)22-11-3-4-12-23-13-10-15-6-1-2-7-16(15)14-23;/h1-2,5-9,22H,3-4,10-14H2;1H. The van der Waals surface area contributed by atoms with Crippen LogP contribution in [0.25, 0.3) is 0 Å². The van der Waals surface area contributed by atoms with Crippen molar-refractivity contribution in [1.29, 1.82) is 0 Å². The van der Waals surface area contributed by atoms with Gasteiger partial charge in [-0.3, -0.25) is 4.90 Å². The molecule has 0 unspecified atom stereocenters. The summed E-state index contributed by atoms with van der Waals surface area (Å²) in [5, 5.41) is 0.300. The van der Waals surface area contributed by atoms with Crippen LogP contribution < -0.4 is 4.72 Å². The normalized spacial score (nSPS) is 14.4. The monoisotopic (exact) mass is 448 g/mol. The topological polar surface area (TPSA) is 49.4 Å². The lowest BCUT2D eigenvalue weighted by atomic mass is 10.00. The van der Waals surface area contributed by atoms with Gasteiger partial charge in [-0.1, -0.05) is 53.5 Å². The third kappa shape index (κ3) is 5.83. The van der Waals surface area contributed by atoms with Crippen LogP contribution in [0.15, 0.2) is 47.4 Å². The maximum absolute atomic E-state index is 12.3. The van der Waals surface area contributed by atoms with Gasteiger partial charge < -0.3 is 0 Å². The summed E-state index contributed by atoms with van der Waals surface area (Å²) >= 11 is 11.9. The first-order valence-electron chi connectivity index (χ1n) is 8.70. The van der Waals surface area contributed by atoms with Crippen LogP contribution in [-0.2, 0) is 23.0 Å². The predicted molar refractivity (Wildman–Crippen MR) is 114 cm³/mol. The number of sulfonamides is 1. The zero-order valence-electron chi connectivity index (χ0n) is 14.8. The molecule has 1 N–H and O–H groups in total. The minimum Gasteiger partial charge on any atom is -0.299 e. The number of fused-ring (bicyclic) bond motifs is 1. The van der Waals surface area contributed by atoms with E-state index in [-0.39, 0.29) is 27.3 Å². The summed E-state index contributed by atoms with van der Waals surface area (Å²) < 4.78 is 27.3. The fourth-order valence-corrected chi connectivity index (χ4v) is 5.01. The molecule has 8 heteroatoms. The Morgan fingerprint density at radius 1 is 1.00 bits per heavy atom. The average Bonchev–Trinajstić information content (AvgIpc) is 2.63. The Bertz CT molecular complexity index is 875. The van der Waals surface area contributed by atoms with Crippen LogP contribution in [0.5, 0.6) is 0 Å². The number of halogens is 3. The van der Waals surface area contributed by atoms with Gasteiger partial charge in [0.15, 0.2) is 0 Å². The van der Waals surface area contributed by atoms with E-state index in [1.165, 1.54) is 17.2 Å². The first-order chi connectivity index (χ1) is 12.5. The van der Waals surface area contributed by atoms with Crippen molar-refractivity contribution in [2.24, 2.45) is 0 Å². The minimum absolute atomic E-state index is 0. The van der Waals surface area contributed by atoms with Crippen molar-refractivity contribution in [3.05, 3.63) is 63.6 Å². The Balaban J connectivity index is 0.00000261. The van der Waals surface area contributed by atoms with Crippen LogP contribution in [0, 0.1) is 0 Å². The van der Waals surface area contributed by atoms with Crippen LogP contribution in [0.2, 0.25) is 10.0 Å². The molecule has 2 aromatic rings. The predicted octanol–water partition coefficient (Wildman–Crippen LogP) is 4.53. The summed E-state index contributed by atoms with van der Waals surface area (Å²) in [6, 6.07) is 13.2. The number of nitrogens with one attached hydrogen (secondary N) is 1. The number of benzene rings is 2. The number of hydrogen-bond donors (Lipinski definition) is 1. The smallest absolute Gasteiger partial charge is 0.242 e. The molecular formula is C19H23Cl3N2O2S. The summed E-state index contributed by atoms with van der Waals surface area (Å²) in [6.07, 6.45) is 2.79. The van der Waals surface area contributed by atoms with Crippen LogP contribution in [0.1, 0.15) is 24.0 Å². The van der Waals surface area contributed by atoms with Gasteiger partial charge >= 0.3 is 0 Å². The molecule has 1 heterocycles. The van der Waals surface area contributed by atoms with E-state index in [0.717, 1.165) is 38.9 Å². The van der Waals surface area contributed by atoms with Crippen LogP contribution in [-0.4, -0.2) is 33.0 Å². The Hall–Kier alpha value is -0.820. The third-order valence-corrected chi connectivity index (χ3v) is 7.04. The van der Waals surface area contributed by atoms with E-state index in [9.17, 15) is 8.42 Å². The van der Waals surface area contributed by atoms with Gasteiger partial charge in [-0.25, -0.2) is 13.1 Å². The molecule has 1 aliphatic heterocycles. The Morgan fingerprint density at radius 2 is 1.74 bits per heavy atom. The fraction of sp³-hybridized carbons (Fsp3) is 0.368. The molecule has 148 valence electrons. The van der Waals surface area contributed by atoms with E-state index in [1.807, 2.05) is 0 Å². The molecule has 0 bridgehead atoms. The highest BCUT2D eigenvalue weighted by Gasteiger charge is 2.19. The van der Waals surface area contributed by atoms with Gasteiger partial charge in [0, 0.05) is 19.6 Å². The number of nitrogens with zero attached hydrogens (tertiary/aromatic N) is 1. The maximum Gasteiger partial charge on any atom is 0.242 e. The second kappa shape index (κ2) is 10.1. The molecule has 1 aliphatic rings. The van der Waals surface area contributed by atoms with Gasteiger partial charge in [0.1, 0.15) is 4.90 Å². The second-order valence-corrected chi connectivity index (χ2v) is 8.97. The summed E-state index contributed by atoms with van der Waals surface area (Å²) in [6.45, 7) is 3.38. The highest BCUT2D eigenvalue weighted by atomic mass is 35.5. The van der Waals surface area contributed by atoms with E-state index >= 15 is 0 Å². The summed E-state index contributed by atoms with van der Waals surface area (Å²) in [7, 11) is -3.64. The molecule has 0 radical (unpaired) electrons. The minimum atomic E-state index is -3.64. The van der Waals surface area contributed by atoms with Crippen LogP contribution >= 0.6 is 35.6 Å². The molecule has 0 atom stereocenters. The summed E-state index contributed by atoms with van der Waals surface area (Å²) in [4.78, 5) is 2.45. The van der Waals surface area contributed by atoms with Crippen LogP contribution in [0.4, 0.5) is 0 Å². The molecule has 0 spiro atoms. The molecule has 0 aromatic heterocycles. The van der Waals surface area contributed by atoms with E-state index in [1.54, 1.807) is 12.1 Å². The summed E-state index contributed by atoms with van der Waals surface area (Å²) in [5.41, 5.74) is 2.84. The summed E-state index contributed by atoms with van der Waals surface area (Å²) in [5.74, 6) is 0. The fourth-order valence-electron chi connectivity index (χ4n) is 3.18. The van der Waals surface area contributed by atoms with Gasteiger partial charge in [0.25, 0.3) is 0 Å². The van der Waals surface area contributed by atoms with E-state index in [0.29, 0.717) is 6.54 Å². The van der Waals surface area contributed by atoms with Crippen molar-refractivity contribution in [2.45, 2.75) is 30.7 Å².